The van der Waals surface area contributed by atoms with Crippen LogP contribution >= 0.6 is 15.9 Å². The number of nitrogens with one attached hydrogen (secondary N) is 1. The molecule has 0 bridgehead atoms. The predicted molar refractivity (Wildman–Crippen MR) is 66.5 cm³/mol. The molecule has 0 aromatic carbocycles. The molecule has 1 aromatic rings. The molecule has 0 saturated carbocycles. The molecule has 1 aliphatic rings. The summed E-state index contributed by atoms with van der Waals surface area (Å²) in [5, 5.41) is 3.28. The molecule has 1 aromatic heterocycles. The number of hydrogen-bond acceptors (Lipinski definition) is 2. The molecule has 88 valence electrons. The summed E-state index contributed by atoms with van der Waals surface area (Å²) in [6.45, 7) is 4.60. The summed E-state index contributed by atoms with van der Waals surface area (Å²) < 4.78 is 2.81. The van der Waals surface area contributed by atoms with Crippen LogP contribution < -0.4 is 5.32 Å². The minimum Gasteiger partial charge on any atom is -0.345 e. The Morgan fingerprint density at radius 3 is 2.94 bits per heavy atom. The molecule has 0 spiro atoms. The summed E-state index contributed by atoms with van der Waals surface area (Å²) in [6.07, 6.45) is 1.90. The standard InChI is InChI=1S/C11H16BrN3O/c1-8-6-13-3-4-15(8)11(16)10-5-9(12)7-14(10)2/h5,7-8,13H,3-4,6H2,1-2H3/t8-/m0/s1. The summed E-state index contributed by atoms with van der Waals surface area (Å²) in [7, 11) is 1.89. The Labute approximate surface area is 104 Å². The lowest BCUT2D eigenvalue weighted by atomic mass is 10.2. The van der Waals surface area contributed by atoms with E-state index in [0.29, 0.717) is 0 Å². The van der Waals surface area contributed by atoms with Gasteiger partial charge in [-0.15, -0.1) is 0 Å². The quantitative estimate of drug-likeness (QED) is 0.843. The highest BCUT2D eigenvalue weighted by atomic mass is 79.9. The molecule has 1 saturated heterocycles. The van der Waals surface area contributed by atoms with E-state index in [9.17, 15) is 4.79 Å². The fourth-order valence-corrected chi connectivity index (χ4v) is 2.55. The van der Waals surface area contributed by atoms with Gasteiger partial charge < -0.3 is 14.8 Å². The first-order valence-electron chi connectivity index (χ1n) is 5.43. The average Bonchev–Trinajstić information content (AvgIpc) is 2.58. The Hall–Kier alpha value is -0.810. The molecule has 1 aliphatic heterocycles. The van der Waals surface area contributed by atoms with Crippen LogP contribution in [0.3, 0.4) is 0 Å². The zero-order valence-corrected chi connectivity index (χ0v) is 11.1. The van der Waals surface area contributed by atoms with Crippen LogP contribution in [0.5, 0.6) is 0 Å². The number of aromatic nitrogens is 1. The van der Waals surface area contributed by atoms with Gasteiger partial charge in [0.15, 0.2) is 0 Å². The second-order valence-electron chi connectivity index (χ2n) is 4.21. The third kappa shape index (κ3) is 2.15. The van der Waals surface area contributed by atoms with Gasteiger partial charge in [0.05, 0.1) is 0 Å². The Balaban J connectivity index is 2.21. The molecule has 1 atom stereocenters. The normalized spacial score (nSPS) is 21.2. The van der Waals surface area contributed by atoms with Gasteiger partial charge in [-0.25, -0.2) is 0 Å². The fraction of sp³-hybridized carbons (Fsp3) is 0.545. The van der Waals surface area contributed by atoms with Crippen molar-refractivity contribution in [1.82, 2.24) is 14.8 Å². The number of rotatable bonds is 1. The van der Waals surface area contributed by atoms with E-state index in [1.165, 1.54) is 0 Å². The van der Waals surface area contributed by atoms with Crippen molar-refractivity contribution in [2.75, 3.05) is 19.6 Å². The summed E-state index contributed by atoms with van der Waals surface area (Å²) in [5.74, 6) is 0.113. The summed E-state index contributed by atoms with van der Waals surface area (Å²) >= 11 is 3.39. The lowest BCUT2D eigenvalue weighted by molar-refractivity contribution is 0.0646. The Bertz CT molecular complexity index is 402. The van der Waals surface area contributed by atoms with Crippen LogP contribution in [0.2, 0.25) is 0 Å². The first kappa shape index (κ1) is 11.7. The number of aryl methyl sites for hydroxylation is 1. The third-order valence-corrected chi connectivity index (χ3v) is 3.39. The van der Waals surface area contributed by atoms with Gasteiger partial charge in [0.25, 0.3) is 5.91 Å². The molecule has 0 aliphatic carbocycles. The van der Waals surface area contributed by atoms with Gasteiger partial charge in [-0.05, 0) is 28.9 Å². The first-order chi connectivity index (χ1) is 7.59. The molecular weight excluding hydrogens is 270 g/mol. The zero-order valence-electron chi connectivity index (χ0n) is 9.53. The van der Waals surface area contributed by atoms with Crippen LogP contribution in [0.15, 0.2) is 16.7 Å². The topological polar surface area (TPSA) is 37.3 Å². The van der Waals surface area contributed by atoms with Crippen LogP contribution in [0.4, 0.5) is 0 Å². The summed E-state index contributed by atoms with van der Waals surface area (Å²) in [6, 6.07) is 2.13. The number of nitrogens with zero attached hydrogens (tertiary/aromatic N) is 2. The first-order valence-corrected chi connectivity index (χ1v) is 6.22. The summed E-state index contributed by atoms with van der Waals surface area (Å²) in [5.41, 5.74) is 0.737. The van der Waals surface area contributed by atoms with E-state index in [2.05, 4.69) is 28.2 Å². The molecule has 1 fully saturated rings. The monoisotopic (exact) mass is 285 g/mol. The van der Waals surface area contributed by atoms with Crippen molar-refractivity contribution in [1.29, 1.82) is 0 Å². The van der Waals surface area contributed by atoms with Crippen molar-refractivity contribution >= 4 is 21.8 Å². The maximum Gasteiger partial charge on any atom is 0.270 e. The maximum absolute atomic E-state index is 12.3. The number of carbonyl (C=O) groups is 1. The zero-order chi connectivity index (χ0) is 11.7. The van der Waals surface area contributed by atoms with Crippen molar-refractivity contribution in [2.24, 2.45) is 7.05 Å². The molecule has 1 N–H and O–H groups in total. The maximum atomic E-state index is 12.3. The van der Waals surface area contributed by atoms with Crippen LogP contribution in [0.1, 0.15) is 17.4 Å². The average molecular weight is 286 g/mol. The third-order valence-electron chi connectivity index (χ3n) is 2.95. The number of hydrogen-bond donors (Lipinski definition) is 1. The Morgan fingerprint density at radius 2 is 2.38 bits per heavy atom. The van der Waals surface area contributed by atoms with Crippen LogP contribution in [0, 0.1) is 0 Å². The second kappa shape index (κ2) is 4.59. The van der Waals surface area contributed by atoms with E-state index < -0.39 is 0 Å². The van der Waals surface area contributed by atoms with E-state index in [1.54, 1.807) is 0 Å². The number of amides is 1. The highest BCUT2D eigenvalue weighted by Crippen LogP contribution is 2.17. The van der Waals surface area contributed by atoms with Gasteiger partial charge in [-0.1, -0.05) is 0 Å². The summed E-state index contributed by atoms with van der Waals surface area (Å²) in [4.78, 5) is 14.2. The van der Waals surface area contributed by atoms with E-state index in [0.717, 1.165) is 29.8 Å². The van der Waals surface area contributed by atoms with Crippen LogP contribution in [-0.4, -0.2) is 41.1 Å². The van der Waals surface area contributed by atoms with Crippen molar-refractivity contribution in [3.63, 3.8) is 0 Å². The molecule has 0 radical (unpaired) electrons. The van der Waals surface area contributed by atoms with Gasteiger partial charge in [-0.2, -0.15) is 0 Å². The fourth-order valence-electron chi connectivity index (χ4n) is 2.03. The van der Waals surface area contributed by atoms with Gasteiger partial charge in [0.2, 0.25) is 0 Å². The van der Waals surface area contributed by atoms with Crippen molar-refractivity contribution < 1.29 is 4.79 Å². The molecule has 16 heavy (non-hydrogen) atoms. The van der Waals surface area contributed by atoms with Gasteiger partial charge in [0.1, 0.15) is 5.69 Å². The molecular formula is C11H16BrN3O. The number of carbonyl (C=O) groups excluding carboxylic acids is 1. The highest BCUT2D eigenvalue weighted by molar-refractivity contribution is 9.10. The smallest absolute Gasteiger partial charge is 0.270 e. The molecule has 2 heterocycles. The number of piperazine rings is 1. The molecule has 4 nitrogen and oxygen atoms in total. The highest BCUT2D eigenvalue weighted by Gasteiger charge is 2.25. The van der Waals surface area contributed by atoms with Crippen LogP contribution in [0.25, 0.3) is 0 Å². The Kier molecular flexibility index (Phi) is 3.35. The largest absolute Gasteiger partial charge is 0.345 e. The predicted octanol–water partition coefficient (Wildman–Crippen LogP) is 1.22. The minimum absolute atomic E-state index is 0.113. The molecule has 2 rings (SSSR count). The van der Waals surface area contributed by atoms with Gasteiger partial charge >= 0.3 is 0 Å². The lowest BCUT2D eigenvalue weighted by Gasteiger charge is -2.34. The Morgan fingerprint density at radius 1 is 1.62 bits per heavy atom. The number of halogens is 1. The molecule has 5 heteroatoms. The van der Waals surface area contributed by atoms with E-state index >= 15 is 0 Å². The van der Waals surface area contributed by atoms with Crippen molar-refractivity contribution in [3.05, 3.63) is 22.4 Å². The van der Waals surface area contributed by atoms with E-state index in [4.69, 9.17) is 0 Å². The second-order valence-corrected chi connectivity index (χ2v) is 5.12. The molecule has 1 amide bonds. The lowest BCUT2D eigenvalue weighted by Crippen LogP contribution is -2.52. The van der Waals surface area contributed by atoms with E-state index in [-0.39, 0.29) is 11.9 Å². The van der Waals surface area contributed by atoms with Gasteiger partial charge in [0, 0.05) is 43.4 Å². The SMILES string of the molecule is C[C@H]1CNCCN1C(=O)c1cc(Br)cn1C. The minimum atomic E-state index is 0.113. The van der Waals surface area contributed by atoms with E-state index in [1.807, 2.05) is 28.8 Å². The molecule has 0 unspecified atom stereocenters. The van der Waals surface area contributed by atoms with Crippen molar-refractivity contribution in [2.45, 2.75) is 13.0 Å². The van der Waals surface area contributed by atoms with Crippen molar-refractivity contribution in [3.8, 4) is 0 Å². The van der Waals surface area contributed by atoms with Gasteiger partial charge in [-0.3, -0.25) is 4.79 Å². The van der Waals surface area contributed by atoms with Crippen LogP contribution in [-0.2, 0) is 7.05 Å².